The highest BCUT2D eigenvalue weighted by Crippen LogP contribution is 2.45. The highest BCUT2D eigenvalue weighted by atomic mass is 16.3. The monoisotopic (exact) mass is 427 g/mol. The quantitative estimate of drug-likeness (QED) is 0.651. The Morgan fingerprint density at radius 3 is 2.50 bits per heavy atom. The van der Waals surface area contributed by atoms with Crippen molar-refractivity contribution in [2.45, 2.75) is 44.4 Å². The van der Waals surface area contributed by atoms with Gasteiger partial charge in [-0.25, -0.2) is 4.98 Å². The predicted octanol–water partition coefficient (Wildman–Crippen LogP) is 3.65. The molecule has 2 atom stereocenters. The molecule has 1 aliphatic carbocycles. The van der Waals surface area contributed by atoms with Gasteiger partial charge in [0.25, 0.3) is 5.91 Å². The fourth-order valence-corrected chi connectivity index (χ4v) is 4.35. The normalized spacial score (nSPS) is 20.1. The van der Waals surface area contributed by atoms with Gasteiger partial charge in [-0.2, -0.15) is 0 Å². The summed E-state index contributed by atoms with van der Waals surface area (Å²) in [5, 5.41) is 12.6. The van der Waals surface area contributed by atoms with Crippen molar-refractivity contribution < 1.29 is 14.7 Å². The second kappa shape index (κ2) is 8.20. The summed E-state index contributed by atoms with van der Waals surface area (Å²) in [7, 11) is 0. The van der Waals surface area contributed by atoms with E-state index in [0.717, 1.165) is 35.1 Å². The van der Waals surface area contributed by atoms with Gasteiger partial charge in [-0.1, -0.05) is 48.5 Å². The molecular weight excluding hydrogens is 402 g/mol. The number of carbonyl (C=O) groups excluding carboxylic acids is 2. The number of aliphatic hydroxyl groups excluding tert-OH is 1. The summed E-state index contributed by atoms with van der Waals surface area (Å²) in [5.41, 5.74) is 3.84. The zero-order valence-electron chi connectivity index (χ0n) is 17.9. The van der Waals surface area contributed by atoms with E-state index >= 15 is 0 Å². The maximum Gasteiger partial charge on any atom is 0.260 e. The number of aromatic nitrogens is 1. The van der Waals surface area contributed by atoms with Crippen molar-refractivity contribution in [1.82, 2.24) is 10.3 Å². The summed E-state index contributed by atoms with van der Waals surface area (Å²) < 4.78 is 0. The number of carbonyl (C=O) groups is 2. The topological polar surface area (TPSA) is 82.5 Å². The Kier molecular flexibility index (Phi) is 5.23. The molecule has 1 aromatic heterocycles. The standard InChI is InChI=1S/C26H25N3O3/c1-16-6-13-22(27-14-16)29-24(18-9-7-17(15-30)8-10-18)23(25(31)28-19-11-12-19)20-4-2-3-5-21(20)26(29)32/h2-10,13-14,19,23-24,30H,11-12,15H2,1H3,(H,28,31)/t23-,24+/m1/s1. The molecule has 0 spiro atoms. The molecule has 2 aromatic carbocycles. The average Bonchev–Trinajstić information content (AvgIpc) is 3.64. The summed E-state index contributed by atoms with van der Waals surface area (Å²) in [6.45, 7) is 1.88. The fraction of sp³-hybridized carbons (Fsp3) is 0.269. The fourth-order valence-electron chi connectivity index (χ4n) is 4.35. The third kappa shape index (κ3) is 3.67. The Bertz CT molecular complexity index is 1150. The van der Waals surface area contributed by atoms with Gasteiger partial charge in [0, 0.05) is 17.8 Å². The molecule has 0 bridgehead atoms. The van der Waals surface area contributed by atoms with Crippen LogP contribution >= 0.6 is 0 Å². The molecule has 6 nitrogen and oxygen atoms in total. The molecule has 3 aromatic rings. The molecule has 6 heteroatoms. The van der Waals surface area contributed by atoms with E-state index in [4.69, 9.17) is 0 Å². The summed E-state index contributed by atoms with van der Waals surface area (Å²) in [4.78, 5) is 33.5. The Morgan fingerprint density at radius 2 is 1.84 bits per heavy atom. The highest BCUT2D eigenvalue weighted by molar-refractivity contribution is 6.11. The minimum Gasteiger partial charge on any atom is -0.392 e. The summed E-state index contributed by atoms with van der Waals surface area (Å²) in [5.74, 6) is -0.326. The number of pyridine rings is 1. The van der Waals surface area contributed by atoms with Gasteiger partial charge in [0.2, 0.25) is 5.91 Å². The van der Waals surface area contributed by atoms with E-state index in [-0.39, 0.29) is 24.5 Å². The van der Waals surface area contributed by atoms with Crippen LogP contribution in [-0.2, 0) is 11.4 Å². The van der Waals surface area contributed by atoms with Gasteiger partial charge in [0.1, 0.15) is 5.82 Å². The molecule has 0 unspecified atom stereocenters. The molecule has 1 aliphatic heterocycles. The zero-order chi connectivity index (χ0) is 22.2. The second-order valence-electron chi connectivity index (χ2n) is 8.56. The number of amides is 2. The van der Waals surface area contributed by atoms with E-state index in [9.17, 15) is 14.7 Å². The maximum atomic E-state index is 13.7. The first-order valence-electron chi connectivity index (χ1n) is 10.9. The number of hydrogen-bond donors (Lipinski definition) is 2. The lowest BCUT2D eigenvalue weighted by atomic mass is 9.79. The Balaban J connectivity index is 1.70. The number of nitrogens with zero attached hydrogens (tertiary/aromatic N) is 2. The number of nitrogens with one attached hydrogen (secondary N) is 1. The molecule has 162 valence electrons. The van der Waals surface area contributed by atoms with Crippen molar-refractivity contribution in [2.75, 3.05) is 4.90 Å². The lowest BCUT2D eigenvalue weighted by Crippen LogP contribution is -2.48. The van der Waals surface area contributed by atoms with Crippen molar-refractivity contribution in [3.63, 3.8) is 0 Å². The van der Waals surface area contributed by atoms with Crippen molar-refractivity contribution in [3.8, 4) is 0 Å². The van der Waals surface area contributed by atoms with Crippen molar-refractivity contribution in [1.29, 1.82) is 0 Å². The van der Waals surface area contributed by atoms with Crippen molar-refractivity contribution >= 4 is 17.6 Å². The molecule has 0 radical (unpaired) electrons. The molecule has 0 saturated heterocycles. The SMILES string of the molecule is Cc1ccc(N2C(=O)c3ccccc3[C@@H](C(=O)NC3CC3)[C@@H]2c2ccc(CO)cc2)nc1. The number of anilines is 1. The number of fused-ring (bicyclic) bond motifs is 1. The smallest absolute Gasteiger partial charge is 0.260 e. The van der Waals surface area contributed by atoms with Crippen LogP contribution in [-0.4, -0.2) is 27.9 Å². The molecule has 1 saturated carbocycles. The van der Waals surface area contributed by atoms with Crippen LogP contribution in [0.5, 0.6) is 0 Å². The lowest BCUT2D eigenvalue weighted by Gasteiger charge is -2.41. The van der Waals surface area contributed by atoms with E-state index in [1.54, 1.807) is 17.2 Å². The Hall–Kier alpha value is -3.51. The second-order valence-corrected chi connectivity index (χ2v) is 8.56. The van der Waals surface area contributed by atoms with Gasteiger partial charge in [-0.05, 0) is 54.2 Å². The number of benzene rings is 2. The first kappa shape index (κ1) is 20.4. The van der Waals surface area contributed by atoms with E-state index in [1.807, 2.05) is 61.5 Å². The highest BCUT2D eigenvalue weighted by Gasteiger charge is 2.46. The van der Waals surface area contributed by atoms with Crippen LogP contribution in [0.15, 0.2) is 66.9 Å². The molecular formula is C26H25N3O3. The first-order valence-corrected chi connectivity index (χ1v) is 10.9. The zero-order valence-corrected chi connectivity index (χ0v) is 17.9. The van der Waals surface area contributed by atoms with E-state index < -0.39 is 12.0 Å². The predicted molar refractivity (Wildman–Crippen MR) is 121 cm³/mol. The number of aryl methyl sites for hydroxylation is 1. The summed E-state index contributed by atoms with van der Waals surface area (Å²) >= 11 is 0. The molecule has 5 rings (SSSR count). The molecule has 2 heterocycles. The number of aliphatic hydroxyl groups is 1. The van der Waals surface area contributed by atoms with Crippen LogP contribution < -0.4 is 10.2 Å². The Labute approximate surface area is 186 Å². The van der Waals surface area contributed by atoms with Gasteiger partial charge in [-0.3, -0.25) is 14.5 Å². The van der Waals surface area contributed by atoms with E-state index in [1.165, 1.54) is 0 Å². The molecule has 1 fully saturated rings. The van der Waals surface area contributed by atoms with Crippen LogP contribution in [0, 0.1) is 6.92 Å². The largest absolute Gasteiger partial charge is 0.392 e. The van der Waals surface area contributed by atoms with Crippen molar-refractivity contribution in [2.24, 2.45) is 0 Å². The Morgan fingerprint density at radius 1 is 1.09 bits per heavy atom. The van der Waals surface area contributed by atoms with E-state index in [0.29, 0.717) is 11.4 Å². The average molecular weight is 428 g/mol. The van der Waals surface area contributed by atoms with Crippen LogP contribution in [0.1, 0.15) is 57.4 Å². The van der Waals surface area contributed by atoms with Gasteiger partial charge in [0.05, 0.1) is 18.6 Å². The summed E-state index contributed by atoms with van der Waals surface area (Å²) in [6, 6.07) is 18.2. The minimum absolute atomic E-state index is 0.0679. The van der Waals surface area contributed by atoms with Crippen LogP contribution in [0.25, 0.3) is 0 Å². The third-order valence-corrected chi connectivity index (χ3v) is 6.19. The van der Waals surface area contributed by atoms with Crippen LogP contribution in [0.2, 0.25) is 0 Å². The maximum absolute atomic E-state index is 13.7. The van der Waals surface area contributed by atoms with E-state index in [2.05, 4.69) is 10.3 Å². The minimum atomic E-state index is -0.576. The first-order chi connectivity index (χ1) is 15.6. The van der Waals surface area contributed by atoms with Crippen molar-refractivity contribution in [3.05, 3.63) is 94.7 Å². The third-order valence-electron chi connectivity index (χ3n) is 6.19. The van der Waals surface area contributed by atoms with Gasteiger partial charge < -0.3 is 10.4 Å². The van der Waals surface area contributed by atoms with Crippen LogP contribution in [0.3, 0.4) is 0 Å². The van der Waals surface area contributed by atoms with Gasteiger partial charge >= 0.3 is 0 Å². The molecule has 2 amide bonds. The molecule has 2 aliphatic rings. The lowest BCUT2D eigenvalue weighted by molar-refractivity contribution is -0.123. The van der Waals surface area contributed by atoms with Gasteiger partial charge in [-0.15, -0.1) is 0 Å². The summed E-state index contributed by atoms with van der Waals surface area (Å²) in [6.07, 6.45) is 3.70. The molecule has 32 heavy (non-hydrogen) atoms. The molecule has 2 N–H and O–H groups in total. The van der Waals surface area contributed by atoms with Gasteiger partial charge in [0.15, 0.2) is 0 Å². The number of hydrogen-bond acceptors (Lipinski definition) is 4. The number of rotatable bonds is 5. The van der Waals surface area contributed by atoms with Crippen LogP contribution in [0.4, 0.5) is 5.82 Å².